The number of nitrogens with zero attached hydrogens (tertiary/aromatic N) is 3. The summed E-state index contributed by atoms with van der Waals surface area (Å²) in [6, 6.07) is 9.94. The first-order chi connectivity index (χ1) is 13.5. The smallest absolute Gasteiger partial charge is 0.356 e. The number of aromatic nitrogens is 2. The summed E-state index contributed by atoms with van der Waals surface area (Å²) < 4.78 is 37.7. The molecule has 3 rings (SSSR count). The van der Waals surface area contributed by atoms with E-state index in [2.05, 4.69) is 25.6 Å². The van der Waals surface area contributed by atoms with Crippen molar-refractivity contribution >= 4 is 28.6 Å². The zero-order valence-electron chi connectivity index (χ0n) is 15.0. The van der Waals surface area contributed by atoms with Gasteiger partial charge in [0, 0.05) is 36.3 Å². The Bertz CT molecular complexity index is 919. The average Bonchev–Trinajstić information content (AvgIpc) is 3.34. The summed E-state index contributed by atoms with van der Waals surface area (Å²) in [6.45, 7) is 0.926. The standard InChI is InChI=1S/C18H18F3N5S2/c1-22-17(23-8-7-15-26-14(11-27-15)18(19,20)21)24-9-13-10-28-16(25-13)12-5-3-2-4-6-12/h2-6,10-11H,7-9H2,1H3,(H2,22,23,24). The van der Waals surface area contributed by atoms with E-state index in [0.717, 1.165) is 33.0 Å². The lowest BCUT2D eigenvalue weighted by Gasteiger charge is -2.10. The molecule has 0 saturated heterocycles. The minimum atomic E-state index is -4.40. The Labute approximate surface area is 168 Å². The van der Waals surface area contributed by atoms with Gasteiger partial charge in [0.25, 0.3) is 0 Å². The maximum Gasteiger partial charge on any atom is 0.434 e. The molecule has 0 aliphatic rings. The minimum Gasteiger partial charge on any atom is -0.356 e. The topological polar surface area (TPSA) is 62.2 Å². The predicted octanol–water partition coefficient (Wildman–Crippen LogP) is 4.19. The van der Waals surface area contributed by atoms with Crippen molar-refractivity contribution in [2.24, 2.45) is 4.99 Å². The van der Waals surface area contributed by atoms with E-state index in [4.69, 9.17) is 0 Å². The first-order valence-electron chi connectivity index (χ1n) is 8.41. The molecule has 2 N–H and O–H groups in total. The van der Waals surface area contributed by atoms with Gasteiger partial charge >= 0.3 is 6.18 Å². The van der Waals surface area contributed by atoms with E-state index in [1.54, 1.807) is 18.4 Å². The highest BCUT2D eigenvalue weighted by molar-refractivity contribution is 7.13. The van der Waals surface area contributed by atoms with E-state index in [-0.39, 0.29) is 0 Å². The molecule has 28 heavy (non-hydrogen) atoms. The lowest BCUT2D eigenvalue weighted by atomic mass is 10.2. The maximum absolute atomic E-state index is 12.6. The van der Waals surface area contributed by atoms with E-state index in [1.807, 2.05) is 35.7 Å². The molecule has 0 amide bonds. The van der Waals surface area contributed by atoms with Crippen LogP contribution < -0.4 is 10.6 Å². The fourth-order valence-corrected chi connectivity index (χ4v) is 3.97. The molecule has 0 saturated carbocycles. The van der Waals surface area contributed by atoms with Gasteiger partial charge in [-0.1, -0.05) is 30.3 Å². The summed E-state index contributed by atoms with van der Waals surface area (Å²) in [5.74, 6) is 0.557. The van der Waals surface area contributed by atoms with Crippen molar-refractivity contribution in [2.75, 3.05) is 13.6 Å². The Morgan fingerprint density at radius 3 is 2.54 bits per heavy atom. The van der Waals surface area contributed by atoms with Crippen LogP contribution in [0.25, 0.3) is 10.6 Å². The third-order valence-electron chi connectivity index (χ3n) is 3.71. The van der Waals surface area contributed by atoms with E-state index < -0.39 is 11.9 Å². The Hall–Kier alpha value is -2.46. The highest BCUT2D eigenvalue weighted by atomic mass is 32.1. The number of hydrogen-bond donors (Lipinski definition) is 2. The molecular formula is C18H18F3N5S2. The third-order valence-corrected chi connectivity index (χ3v) is 5.56. The van der Waals surface area contributed by atoms with Gasteiger partial charge in [-0.25, -0.2) is 9.97 Å². The monoisotopic (exact) mass is 425 g/mol. The van der Waals surface area contributed by atoms with Crippen molar-refractivity contribution in [3.8, 4) is 10.6 Å². The van der Waals surface area contributed by atoms with Gasteiger partial charge < -0.3 is 10.6 Å². The lowest BCUT2D eigenvalue weighted by Crippen LogP contribution is -2.37. The molecule has 0 spiro atoms. The number of nitrogens with one attached hydrogen (secondary N) is 2. The number of aliphatic imine (C=N–C) groups is 1. The fraction of sp³-hybridized carbons (Fsp3) is 0.278. The minimum absolute atomic E-state index is 0.385. The predicted molar refractivity (Wildman–Crippen MR) is 107 cm³/mol. The van der Waals surface area contributed by atoms with Crippen molar-refractivity contribution in [3.05, 3.63) is 57.5 Å². The first kappa shape index (κ1) is 20.3. The summed E-state index contributed by atoms with van der Waals surface area (Å²) in [7, 11) is 1.64. The van der Waals surface area contributed by atoms with Crippen molar-refractivity contribution in [2.45, 2.75) is 19.1 Å². The number of thiazole rings is 2. The number of benzene rings is 1. The summed E-state index contributed by atoms with van der Waals surface area (Å²) in [4.78, 5) is 12.3. The van der Waals surface area contributed by atoms with Gasteiger partial charge in [0.1, 0.15) is 5.01 Å². The van der Waals surface area contributed by atoms with Crippen molar-refractivity contribution in [3.63, 3.8) is 0 Å². The highest BCUT2D eigenvalue weighted by Crippen LogP contribution is 2.30. The Morgan fingerprint density at radius 1 is 1.07 bits per heavy atom. The molecule has 148 valence electrons. The van der Waals surface area contributed by atoms with Gasteiger partial charge in [0.05, 0.1) is 17.2 Å². The third kappa shape index (κ3) is 5.52. The van der Waals surface area contributed by atoms with Crippen molar-refractivity contribution in [1.29, 1.82) is 0 Å². The van der Waals surface area contributed by atoms with Gasteiger partial charge in [-0.05, 0) is 0 Å². The SMILES string of the molecule is CN=C(NCCc1nc(C(F)(F)F)cs1)NCc1csc(-c2ccccc2)n1. The average molecular weight is 426 g/mol. The molecule has 1 aromatic carbocycles. The van der Waals surface area contributed by atoms with E-state index in [0.29, 0.717) is 30.5 Å². The number of alkyl halides is 3. The highest BCUT2D eigenvalue weighted by Gasteiger charge is 2.33. The molecule has 2 heterocycles. The second kappa shape index (κ2) is 9.16. The quantitative estimate of drug-likeness (QED) is 0.459. The number of guanidine groups is 1. The largest absolute Gasteiger partial charge is 0.434 e. The van der Waals surface area contributed by atoms with Crippen LogP contribution >= 0.6 is 22.7 Å². The van der Waals surface area contributed by atoms with Crippen LogP contribution in [0.5, 0.6) is 0 Å². The van der Waals surface area contributed by atoms with Gasteiger partial charge in [0.15, 0.2) is 11.7 Å². The van der Waals surface area contributed by atoms with Gasteiger partial charge in [-0.3, -0.25) is 4.99 Å². The molecule has 0 aliphatic carbocycles. The van der Waals surface area contributed by atoms with Crippen LogP contribution in [0.3, 0.4) is 0 Å². The number of hydrogen-bond acceptors (Lipinski definition) is 5. The first-order valence-corrected chi connectivity index (χ1v) is 10.2. The Morgan fingerprint density at radius 2 is 1.86 bits per heavy atom. The molecular weight excluding hydrogens is 407 g/mol. The van der Waals surface area contributed by atoms with Crippen LogP contribution in [0.4, 0.5) is 13.2 Å². The summed E-state index contributed by atoms with van der Waals surface area (Å²) in [5.41, 5.74) is 1.12. The zero-order chi connectivity index (χ0) is 20.0. The molecule has 0 aliphatic heterocycles. The molecule has 0 atom stereocenters. The van der Waals surface area contributed by atoms with Gasteiger partial charge in [-0.15, -0.1) is 22.7 Å². The van der Waals surface area contributed by atoms with Crippen LogP contribution in [0.2, 0.25) is 0 Å². The second-order valence-electron chi connectivity index (χ2n) is 5.74. The number of halogens is 3. The molecule has 10 heteroatoms. The molecule has 0 bridgehead atoms. The van der Waals surface area contributed by atoms with Crippen molar-refractivity contribution < 1.29 is 13.2 Å². The molecule has 0 radical (unpaired) electrons. The van der Waals surface area contributed by atoms with Gasteiger partial charge in [0.2, 0.25) is 0 Å². The van der Waals surface area contributed by atoms with E-state index in [9.17, 15) is 13.2 Å². The van der Waals surface area contributed by atoms with Crippen LogP contribution in [0, 0.1) is 0 Å². The number of rotatable bonds is 6. The Balaban J connectivity index is 1.46. The molecule has 2 aromatic heterocycles. The van der Waals surface area contributed by atoms with Gasteiger partial charge in [-0.2, -0.15) is 13.2 Å². The second-order valence-corrected chi connectivity index (χ2v) is 7.54. The normalized spacial score (nSPS) is 12.2. The van der Waals surface area contributed by atoms with Crippen molar-refractivity contribution in [1.82, 2.24) is 20.6 Å². The Kier molecular flexibility index (Phi) is 6.63. The van der Waals surface area contributed by atoms with E-state index >= 15 is 0 Å². The van der Waals surface area contributed by atoms with Crippen LogP contribution in [-0.4, -0.2) is 29.5 Å². The molecule has 5 nitrogen and oxygen atoms in total. The lowest BCUT2D eigenvalue weighted by molar-refractivity contribution is -0.140. The molecule has 0 unspecified atom stereocenters. The summed E-state index contributed by atoms with van der Waals surface area (Å²) >= 11 is 2.58. The summed E-state index contributed by atoms with van der Waals surface area (Å²) in [5, 5.41) is 10.6. The summed E-state index contributed by atoms with van der Waals surface area (Å²) in [6.07, 6.45) is -4.01. The fourth-order valence-electron chi connectivity index (χ4n) is 2.34. The van der Waals surface area contributed by atoms with Crippen LogP contribution in [-0.2, 0) is 19.1 Å². The molecule has 3 aromatic rings. The van der Waals surface area contributed by atoms with Crippen LogP contribution in [0.1, 0.15) is 16.4 Å². The maximum atomic E-state index is 12.6. The van der Waals surface area contributed by atoms with E-state index in [1.165, 1.54) is 0 Å². The van der Waals surface area contributed by atoms with Crippen LogP contribution in [0.15, 0.2) is 46.1 Å². The zero-order valence-corrected chi connectivity index (χ0v) is 16.6. The molecule has 0 fully saturated rings.